The number of aryl methyl sites for hydroxylation is 2. The highest BCUT2D eigenvalue weighted by atomic mass is 14.5. The van der Waals surface area contributed by atoms with Gasteiger partial charge in [0.15, 0.2) is 0 Å². The molecule has 4 aromatic rings. The van der Waals surface area contributed by atoms with Crippen LogP contribution in [0.25, 0.3) is 22.3 Å². The van der Waals surface area contributed by atoms with Crippen LogP contribution in [0.1, 0.15) is 196 Å². The van der Waals surface area contributed by atoms with Crippen LogP contribution in [0.2, 0.25) is 0 Å². The lowest BCUT2D eigenvalue weighted by molar-refractivity contribution is 0.400. The molecule has 2 aliphatic rings. The zero-order valence-corrected chi connectivity index (χ0v) is 34.3. The Morgan fingerprint density at radius 3 is 1.02 bits per heavy atom. The topological polar surface area (TPSA) is 0 Å². The van der Waals surface area contributed by atoms with E-state index in [1.165, 1.54) is 168 Å². The van der Waals surface area contributed by atoms with Crippen molar-refractivity contribution in [3.05, 3.63) is 118 Å². The molecule has 0 saturated heterocycles. The van der Waals surface area contributed by atoms with Crippen LogP contribution in [0.5, 0.6) is 0 Å². The van der Waals surface area contributed by atoms with Crippen LogP contribution in [0.4, 0.5) is 0 Å². The highest BCUT2D eigenvalue weighted by molar-refractivity contribution is 5.82. The van der Waals surface area contributed by atoms with Crippen LogP contribution in [0.15, 0.2) is 84.9 Å². The third-order valence-electron chi connectivity index (χ3n) is 13.4. The van der Waals surface area contributed by atoms with Crippen molar-refractivity contribution in [2.75, 3.05) is 0 Å². The molecule has 0 unspecified atom stereocenters. The normalized spacial score (nSPS) is 14.6. The highest BCUT2D eigenvalue weighted by Gasteiger charge is 2.43. The molecule has 0 nitrogen and oxygen atoms in total. The fraction of sp³-hybridized carbons (Fsp3) is 0.547. The third kappa shape index (κ3) is 8.74. The molecule has 53 heavy (non-hydrogen) atoms. The minimum Gasteiger partial charge on any atom is -0.0654 e. The largest absolute Gasteiger partial charge is 0.0654 e. The maximum atomic E-state index is 2.67. The first kappa shape index (κ1) is 39.6. The van der Waals surface area contributed by atoms with E-state index in [9.17, 15) is 0 Å². The van der Waals surface area contributed by atoms with Gasteiger partial charge in [-0.2, -0.15) is 0 Å². The first-order valence-corrected chi connectivity index (χ1v) is 22.6. The Labute approximate surface area is 325 Å². The Bertz CT molecular complexity index is 1570. The van der Waals surface area contributed by atoms with E-state index >= 15 is 0 Å². The molecule has 6 rings (SSSR count). The second-order valence-electron chi connectivity index (χ2n) is 17.1. The van der Waals surface area contributed by atoms with Crippen molar-refractivity contribution >= 4 is 0 Å². The second-order valence-corrected chi connectivity index (χ2v) is 17.1. The summed E-state index contributed by atoms with van der Waals surface area (Å²) in [5.41, 5.74) is 16.0. The van der Waals surface area contributed by atoms with Crippen molar-refractivity contribution in [2.24, 2.45) is 0 Å². The molecule has 4 aromatic carbocycles. The van der Waals surface area contributed by atoms with Crippen LogP contribution in [0.3, 0.4) is 0 Å². The molecule has 0 N–H and O–H groups in total. The molecule has 0 bridgehead atoms. The molecule has 2 aliphatic carbocycles. The van der Waals surface area contributed by atoms with Crippen molar-refractivity contribution < 1.29 is 0 Å². The lowest BCUT2D eigenvalue weighted by Gasteiger charge is -2.33. The molecule has 0 heteroatoms. The first-order chi connectivity index (χ1) is 26.1. The summed E-state index contributed by atoms with van der Waals surface area (Å²) >= 11 is 0. The highest BCUT2D eigenvalue weighted by Crippen LogP contribution is 2.56. The molecule has 0 radical (unpaired) electrons. The van der Waals surface area contributed by atoms with Crippen LogP contribution >= 0.6 is 0 Å². The summed E-state index contributed by atoms with van der Waals surface area (Å²) in [5, 5.41) is 0. The van der Waals surface area contributed by atoms with Gasteiger partial charge in [-0.1, -0.05) is 215 Å². The van der Waals surface area contributed by atoms with Gasteiger partial charge in [0.2, 0.25) is 0 Å². The summed E-state index contributed by atoms with van der Waals surface area (Å²) in [6, 6.07) is 34.2. The van der Waals surface area contributed by atoms with E-state index in [1.54, 1.807) is 22.3 Å². The third-order valence-corrected chi connectivity index (χ3v) is 13.4. The Hall–Kier alpha value is -3.12. The van der Waals surface area contributed by atoms with Gasteiger partial charge in [-0.25, -0.2) is 0 Å². The Balaban J connectivity index is 1.24. The van der Waals surface area contributed by atoms with Crippen molar-refractivity contribution in [3.63, 3.8) is 0 Å². The number of hydrogen-bond donors (Lipinski definition) is 0. The monoisotopic (exact) mass is 709 g/mol. The minimum absolute atomic E-state index is 0.177. The number of hydrogen-bond acceptors (Lipinski definition) is 0. The van der Waals surface area contributed by atoms with E-state index < -0.39 is 0 Å². The standard InChI is InChI=1S/C53H72/c1-5-9-13-21-36-52(37-22-14-10-6-2)48-30-19-17-28-44(48)46-34-32-42(40-50(46)52)26-25-27-43-33-35-47-45-29-18-20-31-49(45)53(51(47)41-43,38-23-15-11-7-3)39-24-16-12-8-4/h17-20,28-35,40-41H,5-16,21-27,36-39H2,1-4H3. The summed E-state index contributed by atoms with van der Waals surface area (Å²) in [6.07, 6.45) is 30.1. The molecule has 0 heterocycles. The van der Waals surface area contributed by atoms with Gasteiger partial charge < -0.3 is 0 Å². The van der Waals surface area contributed by atoms with Gasteiger partial charge in [0.1, 0.15) is 0 Å². The molecule has 0 aliphatic heterocycles. The summed E-state index contributed by atoms with van der Waals surface area (Å²) < 4.78 is 0. The van der Waals surface area contributed by atoms with Crippen LogP contribution in [0, 0.1) is 0 Å². The van der Waals surface area contributed by atoms with Gasteiger partial charge in [0.05, 0.1) is 0 Å². The quantitative estimate of drug-likeness (QED) is 0.0636. The van der Waals surface area contributed by atoms with E-state index in [0.717, 1.165) is 12.8 Å². The molecule has 0 amide bonds. The lowest BCUT2D eigenvalue weighted by Crippen LogP contribution is -2.25. The Morgan fingerprint density at radius 1 is 0.321 bits per heavy atom. The smallest absolute Gasteiger partial charge is 0.0215 e. The molecule has 0 atom stereocenters. The van der Waals surface area contributed by atoms with E-state index in [0.29, 0.717) is 0 Å². The molecular formula is C53H72. The van der Waals surface area contributed by atoms with Gasteiger partial charge in [-0.05, 0) is 101 Å². The second kappa shape index (κ2) is 19.5. The number of unbranched alkanes of at least 4 members (excludes halogenated alkanes) is 12. The van der Waals surface area contributed by atoms with Gasteiger partial charge in [0, 0.05) is 10.8 Å². The number of rotatable bonds is 24. The van der Waals surface area contributed by atoms with Crippen molar-refractivity contribution in [3.8, 4) is 22.3 Å². The predicted octanol–water partition coefficient (Wildman–Crippen LogP) is 16.3. The summed E-state index contributed by atoms with van der Waals surface area (Å²) in [5.74, 6) is 0. The van der Waals surface area contributed by atoms with Crippen molar-refractivity contribution in [1.29, 1.82) is 0 Å². The van der Waals surface area contributed by atoms with Crippen molar-refractivity contribution in [2.45, 2.75) is 186 Å². The summed E-state index contributed by atoms with van der Waals surface area (Å²) in [6.45, 7) is 9.37. The minimum atomic E-state index is 0.177. The molecule has 0 aromatic heterocycles. The van der Waals surface area contributed by atoms with E-state index in [-0.39, 0.29) is 10.8 Å². The average Bonchev–Trinajstić information content (AvgIpc) is 3.62. The lowest BCUT2D eigenvalue weighted by atomic mass is 9.70. The average molecular weight is 709 g/mol. The SMILES string of the molecule is CCCCCCC1(CCCCCC)c2ccccc2-c2ccc(CCCc3ccc4c(c3)C(CCCCCC)(CCCCCC)c3ccccc3-4)cc21. The van der Waals surface area contributed by atoms with Gasteiger partial charge in [-0.15, -0.1) is 0 Å². The molecule has 0 fully saturated rings. The summed E-state index contributed by atoms with van der Waals surface area (Å²) in [4.78, 5) is 0. The van der Waals surface area contributed by atoms with Gasteiger partial charge in [-0.3, -0.25) is 0 Å². The molecule has 284 valence electrons. The number of fused-ring (bicyclic) bond motifs is 6. The molecule has 0 spiro atoms. The van der Waals surface area contributed by atoms with Gasteiger partial charge in [0.25, 0.3) is 0 Å². The fourth-order valence-electron chi connectivity index (χ4n) is 10.6. The van der Waals surface area contributed by atoms with E-state index in [4.69, 9.17) is 0 Å². The van der Waals surface area contributed by atoms with Crippen LogP contribution in [-0.2, 0) is 23.7 Å². The zero-order chi connectivity index (χ0) is 36.9. The fourth-order valence-corrected chi connectivity index (χ4v) is 10.6. The van der Waals surface area contributed by atoms with Crippen LogP contribution in [-0.4, -0.2) is 0 Å². The zero-order valence-electron chi connectivity index (χ0n) is 34.3. The van der Waals surface area contributed by atoms with Crippen LogP contribution < -0.4 is 0 Å². The number of benzene rings is 4. The Kier molecular flexibility index (Phi) is 14.5. The first-order valence-electron chi connectivity index (χ1n) is 22.6. The molecule has 0 saturated carbocycles. The van der Waals surface area contributed by atoms with E-state index in [2.05, 4.69) is 113 Å². The maximum Gasteiger partial charge on any atom is 0.0215 e. The molecular weight excluding hydrogens is 637 g/mol. The summed E-state index contributed by atoms with van der Waals surface area (Å²) in [7, 11) is 0. The Morgan fingerprint density at radius 2 is 0.660 bits per heavy atom. The maximum absolute atomic E-state index is 2.67. The van der Waals surface area contributed by atoms with E-state index in [1.807, 2.05) is 0 Å². The predicted molar refractivity (Wildman–Crippen MR) is 232 cm³/mol. The van der Waals surface area contributed by atoms with Gasteiger partial charge >= 0.3 is 0 Å². The van der Waals surface area contributed by atoms with Crippen molar-refractivity contribution in [1.82, 2.24) is 0 Å².